The van der Waals surface area contributed by atoms with Crippen LogP contribution < -0.4 is 9.80 Å². The highest BCUT2D eigenvalue weighted by Gasteiger charge is 2.25. The standard InChI is InChI=1S/C16H25N3O4/c1-5-18(6-2)14-8-7-13(9-17-14)19(12(4)16(22)23)10-11(3)15(20)21/h7-9,11-12H,5-6,10H2,1-4H3,(H,20,21)(H,22,23). The van der Waals surface area contributed by atoms with E-state index in [-0.39, 0.29) is 6.54 Å². The van der Waals surface area contributed by atoms with Crippen LogP contribution >= 0.6 is 0 Å². The zero-order chi connectivity index (χ0) is 17.6. The Morgan fingerprint density at radius 2 is 1.74 bits per heavy atom. The molecule has 0 spiro atoms. The minimum absolute atomic E-state index is 0.106. The zero-order valence-corrected chi connectivity index (χ0v) is 14.1. The summed E-state index contributed by atoms with van der Waals surface area (Å²) in [5, 5.41) is 18.3. The minimum Gasteiger partial charge on any atom is -0.481 e. The first-order chi connectivity index (χ1) is 10.8. The lowest BCUT2D eigenvalue weighted by molar-refractivity contribution is -0.142. The molecule has 0 radical (unpaired) electrons. The quantitative estimate of drug-likeness (QED) is 0.717. The van der Waals surface area contributed by atoms with Gasteiger partial charge in [-0.1, -0.05) is 6.92 Å². The molecule has 1 aromatic rings. The average Bonchev–Trinajstić information content (AvgIpc) is 2.53. The van der Waals surface area contributed by atoms with E-state index in [9.17, 15) is 14.7 Å². The van der Waals surface area contributed by atoms with Gasteiger partial charge in [-0.05, 0) is 32.9 Å². The van der Waals surface area contributed by atoms with Crippen LogP contribution in [0.1, 0.15) is 27.7 Å². The van der Waals surface area contributed by atoms with E-state index in [1.54, 1.807) is 24.1 Å². The number of pyridine rings is 1. The SMILES string of the molecule is CCN(CC)c1ccc(N(CC(C)C(=O)O)C(C)C(=O)O)cn1. The summed E-state index contributed by atoms with van der Waals surface area (Å²) < 4.78 is 0. The highest BCUT2D eigenvalue weighted by molar-refractivity contribution is 5.78. The Balaban J connectivity index is 3.06. The molecule has 0 amide bonds. The summed E-state index contributed by atoms with van der Waals surface area (Å²) in [5.74, 6) is -1.83. The largest absolute Gasteiger partial charge is 0.481 e. The Kier molecular flexibility index (Phi) is 6.81. The number of hydrogen-bond acceptors (Lipinski definition) is 5. The molecular weight excluding hydrogens is 298 g/mol. The smallest absolute Gasteiger partial charge is 0.326 e. The van der Waals surface area contributed by atoms with E-state index >= 15 is 0 Å². The molecule has 1 heterocycles. The zero-order valence-electron chi connectivity index (χ0n) is 14.1. The third-order valence-electron chi connectivity index (χ3n) is 3.87. The van der Waals surface area contributed by atoms with Crippen LogP contribution in [0.2, 0.25) is 0 Å². The Morgan fingerprint density at radius 3 is 2.13 bits per heavy atom. The van der Waals surface area contributed by atoms with E-state index in [4.69, 9.17) is 5.11 Å². The van der Waals surface area contributed by atoms with Crippen LogP contribution in [0.25, 0.3) is 0 Å². The molecule has 1 rings (SSSR count). The first-order valence-electron chi connectivity index (χ1n) is 7.75. The lowest BCUT2D eigenvalue weighted by Gasteiger charge is -2.30. The molecule has 128 valence electrons. The van der Waals surface area contributed by atoms with Crippen LogP contribution in [-0.4, -0.2) is 52.8 Å². The molecule has 0 aliphatic carbocycles. The number of aliphatic carboxylic acids is 2. The number of carbonyl (C=O) groups is 2. The molecule has 2 unspecified atom stereocenters. The molecular formula is C16H25N3O4. The second-order valence-electron chi connectivity index (χ2n) is 5.45. The fourth-order valence-electron chi connectivity index (χ4n) is 2.28. The van der Waals surface area contributed by atoms with Gasteiger partial charge in [0.1, 0.15) is 11.9 Å². The van der Waals surface area contributed by atoms with E-state index in [0.29, 0.717) is 5.69 Å². The van der Waals surface area contributed by atoms with Crippen molar-refractivity contribution in [1.82, 2.24) is 4.98 Å². The summed E-state index contributed by atoms with van der Waals surface area (Å²) in [6, 6.07) is 2.78. The van der Waals surface area contributed by atoms with Gasteiger partial charge in [-0.3, -0.25) is 4.79 Å². The summed E-state index contributed by atoms with van der Waals surface area (Å²) in [6.45, 7) is 8.92. The maximum atomic E-state index is 11.3. The molecule has 7 nitrogen and oxygen atoms in total. The number of carboxylic acids is 2. The fraction of sp³-hybridized carbons (Fsp3) is 0.562. The van der Waals surface area contributed by atoms with Gasteiger partial charge in [0.2, 0.25) is 0 Å². The molecule has 23 heavy (non-hydrogen) atoms. The molecule has 0 bridgehead atoms. The Hall–Kier alpha value is -2.31. The van der Waals surface area contributed by atoms with Crippen molar-refractivity contribution in [2.24, 2.45) is 5.92 Å². The number of hydrogen-bond donors (Lipinski definition) is 2. The Morgan fingerprint density at radius 1 is 1.13 bits per heavy atom. The minimum atomic E-state index is -1.00. The van der Waals surface area contributed by atoms with Crippen molar-refractivity contribution in [2.45, 2.75) is 33.7 Å². The molecule has 1 aromatic heterocycles. The highest BCUT2D eigenvalue weighted by Crippen LogP contribution is 2.21. The summed E-state index contributed by atoms with van der Waals surface area (Å²) in [5.41, 5.74) is 0.601. The van der Waals surface area contributed by atoms with Gasteiger partial charge in [0.15, 0.2) is 0 Å². The van der Waals surface area contributed by atoms with Crippen LogP contribution in [0.5, 0.6) is 0 Å². The molecule has 2 N–H and O–H groups in total. The van der Waals surface area contributed by atoms with Crippen molar-refractivity contribution in [1.29, 1.82) is 0 Å². The average molecular weight is 323 g/mol. The Bertz CT molecular complexity index is 529. The number of anilines is 2. The van der Waals surface area contributed by atoms with Crippen LogP contribution in [0.3, 0.4) is 0 Å². The topological polar surface area (TPSA) is 94.0 Å². The van der Waals surface area contributed by atoms with Crippen LogP contribution in [0.15, 0.2) is 18.3 Å². The van der Waals surface area contributed by atoms with Crippen molar-refractivity contribution in [3.63, 3.8) is 0 Å². The summed E-state index contributed by atoms with van der Waals surface area (Å²) >= 11 is 0. The van der Waals surface area contributed by atoms with Gasteiger partial charge in [-0.2, -0.15) is 0 Å². The number of nitrogens with zero attached hydrogens (tertiary/aromatic N) is 3. The number of aromatic nitrogens is 1. The normalized spacial score (nSPS) is 13.2. The lowest BCUT2D eigenvalue weighted by Crippen LogP contribution is -2.43. The van der Waals surface area contributed by atoms with E-state index in [1.165, 1.54) is 6.92 Å². The molecule has 0 fully saturated rings. The van der Waals surface area contributed by atoms with Gasteiger partial charge in [-0.25, -0.2) is 9.78 Å². The molecule has 0 aromatic carbocycles. The highest BCUT2D eigenvalue weighted by atomic mass is 16.4. The van der Waals surface area contributed by atoms with Crippen molar-refractivity contribution in [3.8, 4) is 0 Å². The molecule has 0 saturated carbocycles. The van der Waals surface area contributed by atoms with Crippen molar-refractivity contribution >= 4 is 23.4 Å². The maximum absolute atomic E-state index is 11.3. The lowest BCUT2D eigenvalue weighted by atomic mass is 10.1. The molecule has 0 aliphatic heterocycles. The van der Waals surface area contributed by atoms with Gasteiger partial charge in [-0.15, -0.1) is 0 Å². The third kappa shape index (κ3) is 4.84. The van der Waals surface area contributed by atoms with Crippen molar-refractivity contribution in [3.05, 3.63) is 18.3 Å². The number of carboxylic acid groups (broad SMARTS) is 2. The molecule has 0 saturated heterocycles. The summed E-state index contributed by atoms with van der Waals surface area (Å²) in [7, 11) is 0. The van der Waals surface area contributed by atoms with E-state index in [1.807, 2.05) is 19.9 Å². The predicted octanol–water partition coefficient (Wildman–Crippen LogP) is 1.93. The van der Waals surface area contributed by atoms with Gasteiger partial charge < -0.3 is 20.0 Å². The summed E-state index contributed by atoms with van der Waals surface area (Å²) in [4.78, 5) is 30.4. The fourth-order valence-corrected chi connectivity index (χ4v) is 2.28. The van der Waals surface area contributed by atoms with Gasteiger partial charge in [0.25, 0.3) is 0 Å². The molecule has 7 heteroatoms. The molecule has 0 aliphatic rings. The van der Waals surface area contributed by atoms with E-state index < -0.39 is 23.9 Å². The Labute approximate surface area is 136 Å². The van der Waals surface area contributed by atoms with E-state index in [0.717, 1.165) is 18.9 Å². The second-order valence-corrected chi connectivity index (χ2v) is 5.45. The second kappa shape index (κ2) is 8.36. The van der Waals surface area contributed by atoms with Crippen molar-refractivity contribution < 1.29 is 19.8 Å². The van der Waals surface area contributed by atoms with Crippen molar-refractivity contribution in [2.75, 3.05) is 29.4 Å². The third-order valence-corrected chi connectivity index (χ3v) is 3.87. The maximum Gasteiger partial charge on any atom is 0.326 e. The van der Waals surface area contributed by atoms with E-state index in [2.05, 4.69) is 9.88 Å². The van der Waals surface area contributed by atoms with Gasteiger partial charge >= 0.3 is 11.9 Å². The monoisotopic (exact) mass is 323 g/mol. The predicted molar refractivity (Wildman–Crippen MR) is 89.0 cm³/mol. The van der Waals surface area contributed by atoms with Gasteiger partial charge in [0, 0.05) is 19.6 Å². The number of rotatable bonds is 9. The first-order valence-corrected chi connectivity index (χ1v) is 7.75. The van der Waals surface area contributed by atoms with Gasteiger partial charge in [0.05, 0.1) is 17.8 Å². The first kappa shape index (κ1) is 18.7. The van der Waals surface area contributed by atoms with Crippen LogP contribution in [-0.2, 0) is 9.59 Å². The molecule has 2 atom stereocenters. The van der Waals surface area contributed by atoms with Crippen LogP contribution in [0.4, 0.5) is 11.5 Å². The van der Waals surface area contributed by atoms with Crippen LogP contribution in [0, 0.1) is 5.92 Å². The summed E-state index contributed by atoms with van der Waals surface area (Å²) in [6.07, 6.45) is 1.60.